The van der Waals surface area contributed by atoms with Gasteiger partial charge in [0.1, 0.15) is 23.2 Å². The smallest absolute Gasteiger partial charge is 0.261 e. The molecule has 1 aromatic heterocycles. The van der Waals surface area contributed by atoms with E-state index in [1.807, 2.05) is 63.2 Å². The Morgan fingerprint density at radius 3 is 2.79 bits per heavy atom. The van der Waals surface area contributed by atoms with Crippen LogP contribution in [0.1, 0.15) is 59.3 Å². The first-order chi connectivity index (χ1) is 16.5. The molecule has 34 heavy (non-hydrogen) atoms. The number of hydrogen-bond donors (Lipinski definition) is 2. The number of Topliss-reactive ketones (excluding diaryl/α,β-unsaturated/α-hetero) is 1. The molecule has 7 nitrogen and oxygen atoms in total. The number of para-hydroxylation sites is 1. The Kier molecular flexibility index (Phi) is 5.69. The minimum absolute atomic E-state index is 0.104. The Labute approximate surface area is 198 Å². The average molecular weight is 457 g/mol. The van der Waals surface area contributed by atoms with Gasteiger partial charge in [-0.1, -0.05) is 24.3 Å². The van der Waals surface area contributed by atoms with E-state index in [0.717, 1.165) is 35.4 Å². The van der Waals surface area contributed by atoms with Crippen LogP contribution in [0.2, 0.25) is 0 Å². The van der Waals surface area contributed by atoms with Crippen LogP contribution < -0.4 is 15.4 Å². The van der Waals surface area contributed by atoms with E-state index in [0.29, 0.717) is 35.7 Å². The summed E-state index contributed by atoms with van der Waals surface area (Å²) in [6, 6.07) is 13.1. The first kappa shape index (κ1) is 21.9. The molecule has 174 valence electrons. The predicted octanol–water partition coefficient (Wildman–Crippen LogP) is 5.17. The molecule has 1 amide bonds. The number of nitrogens with zero attached hydrogens (tertiary/aromatic N) is 2. The van der Waals surface area contributed by atoms with Gasteiger partial charge in [-0.15, -0.1) is 0 Å². The zero-order valence-electron chi connectivity index (χ0n) is 19.6. The van der Waals surface area contributed by atoms with Crippen molar-refractivity contribution >= 4 is 23.2 Å². The zero-order chi connectivity index (χ0) is 23.8. The number of nitrogens with one attached hydrogen (secondary N) is 2. The van der Waals surface area contributed by atoms with Crippen molar-refractivity contribution in [2.75, 3.05) is 17.2 Å². The van der Waals surface area contributed by atoms with Crippen LogP contribution in [0.5, 0.6) is 5.75 Å². The molecule has 3 aromatic rings. The molecule has 7 heteroatoms. The fourth-order valence-electron chi connectivity index (χ4n) is 4.72. The van der Waals surface area contributed by atoms with Crippen molar-refractivity contribution in [3.8, 4) is 5.75 Å². The number of fused-ring (bicyclic) bond motifs is 1. The van der Waals surface area contributed by atoms with Gasteiger partial charge in [0.05, 0.1) is 12.8 Å². The van der Waals surface area contributed by atoms with E-state index in [1.54, 1.807) is 10.9 Å². The van der Waals surface area contributed by atoms with E-state index in [-0.39, 0.29) is 11.7 Å². The van der Waals surface area contributed by atoms with E-state index in [4.69, 9.17) is 4.74 Å². The number of allylic oxidation sites excluding steroid dienone is 2. The summed E-state index contributed by atoms with van der Waals surface area (Å²) in [6.07, 6.45) is 3.60. The maximum atomic E-state index is 13.3. The average Bonchev–Trinajstić information content (AvgIpc) is 3.25. The molecule has 2 N–H and O–H groups in total. The van der Waals surface area contributed by atoms with Crippen LogP contribution in [0.25, 0.3) is 0 Å². The van der Waals surface area contributed by atoms with E-state index in [1.165, 1.54) is 5.56 Å². The Bertz CT molecular complexity index is 1320. The molecule has 0 bridgehead atoms. The van der Waals surface area contributed by atoms with Gasteiger partial charge in [-0.3, -0.25) is 9.59 Å². The summed E-state index contributed by atoms with van der Waals surface area (Å²) in [5.41, 5.74) is 5.86. The summed E-state index contributed by atoms with van der Waals surface area (Å²) in [7, 11) is 0. The summed E-state index contributed by atoms with van der Waals surface area (Å²) < 4.78 is 7.64. The minimum atomic E-state index is -0.454. The molecule has 0 radical (unpaired) electrons. The molecule has 1 aliphatic heterocycles. The van der Waals surface area contributed by atoms with Crippen LogP contribution in [0.3, 0.4) is 0 Å². The lowest BCUT2D eigenvalue weighted by Crippen LogP contribution is -2.32. The van der Waals surface area contributed by atoms with Crippen molar-refractivity contribution in [1.29, 1.82) is 0 Å². The van der Waals surface area contributed by atoms with E-state index in [2.05, 4.69) is 15.7 Å². The third kappa shape index (κ3) is 3.77. The summed E-state index contributed by atoms with van der Waals surface area (Å²) in [6.45, 7) is 6.50. The number of aromatic nitrogens is 2. The van der Waals surface area contributed by atoms with Crippen LogP contribution in [0.4, 0.5) is 11.5 Å². The number of carbonyl (C=O) groups excluding carboxylic acids is 2. The highest BCUT2D eigenvalue weighted by atomic mass is 16.5. The Hall–Kier alpha value is -3.87. The molecule has 1 unspecified atom stereocenters. The third-order valence-electron chi connectivity index (χ3n) is 6.56. The van der Waals surface area contributed by atoms with Gasteiger partial charge in [-0.05, 0) is 62.9 Å². The molecule has 1 atom stereocenters. The summed E-state index contributed by atoms with van der Waals surface area (Å²) in [5.74, 6) is 1.16. The fraction of sp³-hybridized carbons (Fsp3) is 0.296. The lowest BCUT2D eigenvalue weighted by atomic mass is 9.85. The van der Waals surface area contributed by atoms with Gasteiger partial charge >= 0.3 is 0 Å². The molecule has 2 aliphatic rings. The standard InChI is InChI=1S/C27H28N4O3/c1-4-34-23-11-6-5-8-19(23)25-24-21(9-7-10-22(24)32)30-26-20(15-28-31(25)26)27(33)29-18-13-12-16(2)17(3)14-18/h5-6,8,11-15,25,30H,4,7,9-10H2,1-3H3,(H,29,33). The number of carbonyl (C=O) groups is 2. The highest BCUT2D eigenvalue weighted by Crippen LogP contribution is 2.44. The molecular formula is C27H28N4O3. The van der Waals surface area contributed by atoms with E-state index in [9.17, 15) is 9.59 Å². The molecular weight excluding hydrogens is 428 g/mol. The largest absolute Gasteiger partial charge is 0.494 e. The minimum Gasteiger partial charge on any atom is -0.494 e. The van der Waals surface area contributed by atoms with Crippen LogP contribution >= 0.6 is 0 Å². The van der Waals surface area contributed by atoms with Gasteiger partial charge in [0.25, 0.3) is 5.91 Å². The quantitative estimate of drug-likeness (QED) is 0.553. The molecule has 1 aliphatic carbocycles. The molecule has 5 rings (SSSR count). The van der Waals surface area contributed by atoms with E-state index < -0.39 is 6.04 Å². The van der Waals surface area contributed by atoms with Crippen LogP contribution in [0, 0.1) is 13.8 Å². The maximum Gasteiger partial charge on any atom is 0.261 e. The van der Waals surface area contributed by atoms with Crippen molar-refractivity contribution in [2.24, 2.45) is 0 Å². The molecule has 0 saturated carbocycles. The Balaban J connectivity index is 1.58. The van der Waals surface area contributed by atoms with Crippen LogP contribution in [-0.4, -0.2) is 28.1 Å². The van der Waals surface area contributed by atoms with Gasteiger partial charge < -0.3 is 15.4 Å². The number of ether oxygens (including phenoxy) is 1. The number of aryl methyl sites for hydroxylation is 2. The highest BCUT2D eigenvalue weighted by molar-refractivity contribution is 6.08. The maximum absolute atomic E-state index is 13.3. The summed E-state index contributed by atoms with van der Waals surface area (Å²) >= 11 is 0. The van der Waals surface area contributed by atoms with Gasteiger partial charge in [0.2, 0.25) is 0 Å². The van der Waals surface area contributed by atoms with Gasteiger partial charge in [0.15, 0.2) is 5.78 Å². The SMILES string of the molecule is CCOc1ccccc1C1C2=C(CCCC2=O)Nc2c(C(=O)Nc3ccc(C)c(C)c3)cnn21. The Morgan fingerprint density at radius 1 is 1.18 bits per heavy atom. The van der Waals surface area contributed by atoms with Gasteiger partial charge in [-0.25, -0.2) is 4.68 Å². The number of amides is 1. The molecule has 2 aromatic carbocycles. The lowest BCUT2D eigenvalue weighted by molar-refractivity contribution is -0.116. The topological polar surface area (TPSA) is 85.2 Å². The molecule has 0 fully saturated rings. The summed E-state index contributed by atoms with van der Waals surface area (Å²) in [4.78, 5) is 26.3. The number of ketones is 1. The molecule has 2 heterocycles. The number of benzene rings is 2. The van der Waals surface area contributed by atoms with Crippen molar-refractivity contribution < 1.29 is 14.3 Å². The van der Waals surface area contributed by atoms with Crippen molar-refractivity contribution in [2.45, 2.75) is 46.1 Å². The first-order valence-electron chi connectivity index (χ1n) is 11.7. The second kappa shape index (κ2) is 8.82. The second-order valence-corrected chi connectivity index (χ2v) is 8.77. The molecule has 0 saturated heterocycles. The second-order valence-electron chi connectivity index (χ2n) is 8.77. The Morgan fingerprint density at radius 2 is 2.00 bits per heavy atom. The normalized spacial score (nSPS) is 17.0. The van der Waals surface area contributed by atoms with E-state index >= 15 is 0 Å². The van der Waals surface area contributed by atoms with Gasteiger partial charge in [-0.2, -0.15) is 5.10 Å². The van der Waals surface area contributed by atoms with Crippen molar-refractivity contribution in [3.05, 3.63) is 82.2 Å². The fourth-order valence-corrected chi connectivity index (χ4v) is 4.72. The third-order valence-corrected chi connectivity index (χ3v) is 6.56. The lowest BCUT2D eigenvalue weighted by Gasteiger charge is -2.34. The monoisotopic (exact) mass is 456 g/mol. The zero-order valence-corrected chi connectivity index (χ0v) is 19.6. The first-order valence-corrected chi connectivity index (χ1v) is 11.7. The highest BCUT2D eigenvalue weighted by Gasteiger charge is 2.38. The van der Waals surface area contributed by atoms with Crippen LogP contribution in [-0.2, 0) is 4.79 Å². The van der Waals surface area contributed by atoms with Gasteiger partial charge in [0, 0.05) is 28.9 Å². The molecule has 0 spiro atoms. The predicted molar refractivity (Wildman–Crippen MR) is 131 cm³/mol. The van der Waals surface area contributed by atoms with Crippen LogP contribution in [0.15, 0.2) is 59.9 Å². The number of hydrogen-bond acceptors (Lipinski definition) is 5. The number of anilines is 2. The number of rotatable bonds is 5. The summed E-state index contributed by atoms with van der Waals surface area (Å²) in [5, 5.41) is 11.0. The van der Waals surface area contributed by atoms with Crippen molar-refractivity contribution in [3.63, 3.8) is 0 Å². The van der Waals surface area contributed by atoms with Crippen molar-refractivity contribution in [1.82, 2.24) is 9.78 Å².